The third-order valence-electron chi connectivity index (χ3n) is 3.79. The van der Waals surface area contributed by atoms with Gasteiger partial charge in [0.05, 0.1) is 41.3 Å². The molecule has 2 rings (SSSR count). The van der Waals surface area contributed by atoms with Crippen LogP contribution in [0.4, 0.5) is 5.95 Å². The van der Waals surface area contributed by atoms with Crippen LogP contribution in [0, 0.1) is 0 Å². The van der Waals surface area contributed by atoms with Crippen LogP contribution in [0.1, 0.15) is 20.7 Å². The van der Waals surface area contributed by atoms with Gasteiger partial charge in [-0.2, -0.15) is 0 Å². The number of hydroxylamine groups is 2. The number of sulfone groups is 1. The number of anilines is 1. The molecule has 1 aromatic carbocycles. The molecule has 0 atom stereocenters. The van der Waals surface area contributed by atoms with Crippen LogP contribution in [-0.2, 0) is 26.0 Å². The first-order valence-electron chi connectivity index (χ1n) is 8.03. The maximum absolute atomic E-state index is 12.7. The van der Waals surface area contributed by atoms with Crippen molar-refractivity contribution in [1.29, 1.82) is 0 Å². The summed E-state index contributed by atoms with van der Waals surface area (Å²) in [6.07, 6.45) is 0.923. The Balaban J connectivity index is 2.48. The lowest BCUT2D eigenvalue weighted by molar-refractivity contribution is -0.0759. The van der Waals surface area contributed by atoms with Gasteiger partial charge in [0.2, 0.25) is 5.95 Å². The summed E-state index contributed by atoms with van der Waals surface area (Å²) in [7, 11) is 0.183. The number of carbonyl (C=O) groups excluding carboxylic acids is 2. The Bertz CT molecular complexity index is 1020. The SMILES string of the molecule is COCCn1nnnc1NC(=O)c1ccc(S(C)(=O)=O)c(C(=O)N(C)OC)c1Cl. The van der Waals surface area contributed by atoms with Gasteiger partial charge in [0.15, 0.2) is 9.84 Å². The number of methoxy groups -OCH3 is 1. The second-order valence-corrected chi connectivity index (χ2v) is 8.09. The molecule has 0 bridgehead atoms. The number of halogens is 1. The quantitative estimate of drug-likeness (QED) is 0.564. The predicted molar refractivity (Wildman–Crippen MR) is 101 cm³/mol. The second kappa shape index (κ2) is 9.26. The molecule has 0 aliphatic heterocycles. The van der Waals surface area contributed by atoms with E-state index in [2.05, 4.69) is 20.8 Å². The highest BCUT2D eigenvalue weighted by atomic mass is 35.5. The monoisotopic (exact) mass is 446 g/mol. The van der Waals surface area contributed by atoms with E-state index in [9.17, 15) is 18.0 Å². The Morgan fingerprint density at radius 3 is 2.59 bits per heavy atom. The van der Waals surface area contributed by atoms with Crippen molar-refractivity contribution in [2.24, 2.45) is 0 Å². The normalized spacial score (nSPS) is 11.3. The van der Waals surface area contributed by atoms with Gasteiger partial charge in [0, 0.05) is 20.4 Å². The van der Waals surface area contributed by atoms with E-state index in [1.165, 1.54) is 32.0 Å². The number of nitrogens with zero attached hydrogens (tertiary/aromatic N) is 5. The number of aromatic nitrogens is 4. The fourth-order valence-corrected chi connectivity index (χ4v) is 3.54. The molecule has 12 nitrogen and oxygen atoms in total. The Labute approximate surface area is 171 Å². The van der Waals surface area contributed by atoms with Crippen LogP contribution in [0.25, 0.3) is 0 Å². The highest BCUT2D eigenvalue weighted by Gasteiger charge is 2.28. The smallest absolute Gasteiger partial charge is 0.280 e. The Morgan fingerprint density at radius 2 is 2.00 bits per heavy atom. The third-order valence-corrected chi connectivity index (χ3v) is 5.32. The molecule has 0 saturated carbocycles. The molecule has 1 aromatic heterocycles. The highest BCUT2D eigenvalue weighted by Crippen LogP contribution is 2.29. The van der Waals surface area contributed by atoms with E-state index in [0.717, 1.165) is 17.4 Å². The molecule has 14 heteroatoms. The number of hydrogen-bond acceptors (Lipinski definition) is 9. The minimum absolute atomic E-state index is 0.0252. The van der Waals surface area contributed by atoms with E-state index in [4.69, 9.17) is 21.2 Å². The molecule has 2 aromatic rings. The fourth-order valence-electron chi connectivity index (χ4n) is 2.27. The van der Waals surface area contributed by atoms with Crippen molar-refractivity contribution < 1.29 is 27.6 Å². The summed E-state index contributed by atoms with van der Waals surface area (Å²) in [5.41, 5.74) is -0.529. The molecule has 0 unspecified atom stereocenters. The van der Waals surface area contributed by atoms with E-state index >= 15 is 0 Å². The van der Waals surface area contributed by atoms with E-state index in [0.29, 0.717) is 6.61 Å². The molecule has 0 radical (unpaired) electrons. The van der Waals surface area contributed by atoms with Gasteiger partial charge in [-0.05, 0) is 22.6 Å². The van der Waals surface area contributed by atoms with Crippen LogP contribution in [-0.4, -0.2) is 79.6 Å². The summed E-state index contributed by atoms with van der Waals surface area (Å²) in [6, 6.07) is 2.32. The van der Waals surface area contributed by atoms with Crippen LogP contribution in [0.2, 0.25) is 5.02 Å². The largest absolute Gasteiger partial charge is 0.383 e. The lowest BCUT2D eigenvalue weighted by Crippen LogP contribution is -2.28. The maximum atomic E-state index is 12.7. The van der Waals surface area contributed by atoms with Gasteiger partial charge in [-0.3, -0.25) is 19.7 Å². The standard InChI is InChI=1S/C15H19ClN6O6S/c1-21(28-3)14(24)11-10(29(4,25)26)6-5-9(12(11)16)13(23)17-15-18-19-20-22(15)7-8-27-2/h5-6H,7-8H2,1-4H3,(H,17,18,20,23). The summed E-state index contributed by atoms with van der Waals surface area (Å²) in [6.45, 7) is 0.585. The summed E-state index contributed by atoms with van der Waals surface area (Å²) in [5, 5.41) is 13.8. The molecule has 0 spiro atoms. The number of rotatable bonds is 8. The Morgan fingerprint density at radius 1 is 1.31 bits per heavy atom. The molecule has 2 amide bonds. The second-order valence-electron chi connectivity index (χ2n) is 5.73. The topological polar surface area (TPSA) is 146 Å². The molecule has 0 aliphatic carbocycles. The van der Waals surface area contributed by atoms with Crippen molar-refractivity contribution in [3.05, 3.63) is 28.3 Å². The number of tetrazole rings is 1. The molecule has 0 saturated heterocycles. The number of ether oxygens (including phenoxy) is 1. The average Bonchev–Trinajstić information content (AvgIpc) is 3.10. The zero-order valence-electron chi connectivity index (χ0n) is 16.0. The number of benzene rings is 1. The highest BCUT2D eigenvalue weighted by molar-refractivity contribution is 7.90. The Hall–Kier alpha value is -2.61. The van der Waals surface area contributed by atoms with E-state index in [1.807, 2.05) is 0 Å². The summed E-state index contributed by atoms with van der Waals surface area (Å²) in [4.78, 5) is 29.8. The minimum Gasteiger partial charge on any atom is -0.383 e. The molecule has 158 valence electrons. The van der Waals surface area contributed by atoms with Crippen molar-refractivity contribution in [2.45, 2.75) is 11.4 Å². The number of amides is 2. The van der Waals surface area contributed by atoms with E-state index in [-0.39, 0.29) is 33.5 Å². The van der Waals surface area contributed by atoms with Crippen molar-refractivity contribution >= 4 is 39.2 Å². The van der Waals surface area contributed by atoms with Crippen LogP contribution >= 0.6 is 11.6 Å². The summed E-state index contributed by atoms with van der Waals surface area (Å²) < 4.78 is 30.4. The summed E-state index contributed by atoms with van der Waals surface area (Å²) in [5.74, 6) is -1.55. The third kappa shape index (κ3) is 5.06. The number of carbonyl (C=O) groups is 2. The number of hydrogen-bond donors (Lipinski definition) is 1. The molecular formula is C15H19ClN6O6S. The van der Waals surface area contributed by atoms with Gasteiger partial charge >= 0.3 is 0 Å². The first kappa shape index (κ1) is 22.7. The van der Waals surface area contributed by atoms with Crippen LogP contribution in [0.5, 0.6) is 0 Å². The zero-order valence-corrected chi connectivity index (χ0v) is 17.6. The Kier molecular flexibility index (Phi) is 7.24. The first-order valence-corrected chi connectivity index (χ1v) is 10.3. The molecule has 1 N–H and O–H groups in total. The van der Waals surface area contributed by atoms with Gasteiger partial charge in [0.1, 0.15) is 0 Å². The first-order chi connectivity index (χ1) is 13.6. The van der Waals surface area contributed by atoms with Gasteiger partial charge < -0.3 is 4.74 Å². The molecule has 1 heterocycles. The van der Waals surface area contributed by atoms with Crippen molar-refractivity contribution in [1.82, 2.24) is 25.3 Å². The fraction of sp³-hybridized carbons (Fsp3) is 0.400. The summed E-state index contributed by atoms with van der Waals surface area (Å²) >= 11 is 6.27. The van der Waals surface area contributed by atoms with Crippen molar-refractivity contribution in [2.75, 3.05) is 39.4 Å². The zero-order chi connectivity index (χ0) is 21.8. The van der Waals surface area contributed by atoms with Crippen LogP contribution in [0.15, 0.2) is 17.0 Å². The van der Waals surface area contributed by atoms with Gasteiger partial charge in [-0.15, -0.1) is 0 Å². The van der Waals surface area contributed by atoms with Crippen LogP contribution in [0.3, 0.4) is 0 Å². The van der Waals surface area contributed by atoms with Gasteiger partial charge in [0.25, 0.3) is 11.8 Å². The van der Waals surface area contributed by atoms with E-state index in [1.54, 1.807) is 0 Å². The lowest BCUT2D eigenvalue weighted by Gasteiger charge is -2.18. The predicted octanol–water partition coefficient (Wildman–Crippen LogP) is 0.262. The average molecular weight is 447 g/mol. The van der Waals surface area contributed by atoms with Gasteiger partial charge in [-0.25, -0.2) is 18.2 Å². The molecule has 29 heavy (non-hydrogen) atoms. The minimum atomic E-state index is -3.82. The van der Waals surface area contributed by atoms with Crippen LogP contribution < -0.4 is 5.32 Å². The lowest BCUT2D eigenvalue weighted by atomic mass is 10.1. The molecule has 0 fully saturated rings. The van der Waals surface area contributed by atoms with Gasteiger partial charge in [-0.1, -0.05) is 16.7 Å². The van der Waals surface area contributed by atoms with Crippen molar-refractivity contribution in [3.63, 3.8) is 0 Å². The molecular weight excluding hydrogens is 428 g/mol. The molecule has 0 aliphatic rings. The van der Waals surface area contributed by atoms with E-state index < -0.39 is 21.7 Å². The van der Waals surface area contributed by atoms with Crippen molar-refractivity contribution in [3.8, 4) is 0 Å². The maximum Gasteiger partial charge on any atom is 0.280 e. The number of nitrogens with one attached hydrogen (secondary N) is 1.